The molecule has 0 aliphatic rings. The van der Waals surface area contributed by atoms with Crippen molar-refractivity contribution in [3.05, 3.63) is 35.4 Å². The van der Waals surface area contributed by atoms with E-state index >= 15 is 0 Å². The number of rotatable bonds is 3. The maximum Gasteiger partial charge on any atom is 0.235 e. The molecule has 0 fully saturated rings. The van der Waals surface area contributed by atoms with Gasteiger partial charge in [-0.1, -0.05) is 24.3 Å². The first-order chi connectivity index (χ1) is 6.54. The van der Waals surface area contributed by atoms with E-state index < -0.39 is 5.60 Å². The Morgan fingerprint density at radius 3 is 2.79 bits per heavy atom. The van der Waals surface area contributed by atoms with E-state index in [1.54, 1.807) is 13.8 Å². The van der Waals surface area contributed by atoms with Crippen molar-refractivity contribution in [2.45, 2.75) is 26.0 Å². The molecule has 0 amide bonds. The van der Waals surface area contributed by atoms with Crippen molar-refractivity contribution >= 4 is 6.08 Å². The highest BCUT2D eigenvalue weighted by molar-refractivity contribution is 5.34. The number of aliphatic hydroxyl groups is 1. The highest BCUT2D eigenvalue weighted by Gasteiger charge is 2.15. The Balaban J connectivity index is 2.95. The van der Waals surface area contributed by atoms with Gasteiger partial charge in [-0.2, -0.15) is 0 Å². The van der Waals surface area contributed by atoms with Crippen molar-refractivity contribution in [2.24, 2.45) is 4.99 Å². The summed E-state index contributed by atoms with van der Waals surface area (Å²) in [6.07, 6.45) is 1.49. The van der Waals surface area contributed by atoms with Crippen LogP contribution in [-0.4, -0.2) is 11.2 Å². The van der Waals surface area contributed by atoms with Crippen LogP contribution in [0.25, 0.3) is 0 Å². The normalized spacial score (nSPS) is 10.8. The molecule has 1 rings (SSSR count). The van der Waals surface area contributed by atoms with Crippen molar-refractivity contribution in [1.29, 1.82) is 0 Å². The zero-order chi connectivity index (χ0) is 10.6. The molecular formula is C11H13NO2. The third kappa shape index (κ3) is 2.80. The van der Waals surface area contributed by atoms with E-state index in [-0.39, 0.29) is 0 Å². The molecule has 0 aromatic heterocycles. The summed E-state index contributed by atoms with van der Waals surface area (Å²) in [5.41, 5.74) is 0.852. The van der Waals surface area contributed by atoms with Crippen LogP contribution >= 0.6 is 0 Å². The van der Waals surface area contributed by atoms with E-state index in [1.165, 1.54) is 6.08 Å². The summed E-state index contributed by atoms with van der Waals surface area (Å²) in [5, 5.41) is 9.73. The first-order valence-corrected chi connectivity index (χ1v) is 4.39. The van der Waals surface area contributed by atoms with Crippen molar-refractivity contribution in [3.8, 4) is 0 Å². The number of carbonyl (C=O) groups excluding carboxylic acids is 1. The summed E-state index contributed by atoms with van der Waals surface area (Å²) >= 11 is 0. The molecule has 0 atom stereocenters. The lowest BCUT2D eigenvalue weighted by Gasteiger charge is -2.18. The first-order valence-electron chi connectivity index (χ1n) is 4.39. The third-order valence-electron chi connectivity index (χ3n) is 1.96. The Bertz CT molecular complexity index is 360. The SMILES string of the molecule is CC(C)(O)c1cccc(CN=C=O)c1. The van der Waals surface area contributed by atoms with Crippen LogP contribution in [0.1, 0.15) is 25.0 Å². The van der Waals surface area contributed by atoms with Crippen molar-refractivity contribution in [3.63, 3.8) is 0 Å². The number of isocyanates is 1. The summed E-state index contributed by atoms with van der Waals surface area (Å²) in [7, 11) is 0. The molecule has 0 aliphatic carbocycles. The Hall–Kier alpha value is -1.44. The van der Waals surface area contributed by atoms with E-state index in [0.29, 0.717) is 6.54 Å². The minimum absolute atomic E-state index is 0.313. The standard InChI is InChI=1S/C11H13NO2/c1-11(2,14)10-5-3-4-9(6-10)7-12-8-13/h3-6,14H,7H2,1-2H3. The van der Waals surface area contributed by atoms with Gasteiger partial charge in [0.05, 0.1) is 12.1 Å². The lowest BCUT2D eigenvalue weighted by atomic mass is 9.97. The molecule has 0 bridgehead atoms. The molecular weight excluding hydrogens is 178 g/mol. The third-order valence-corrected chi connectivity index (χ3v) is 1.96. The van der Waals surface area contributed by atoms with Gasteiger partial charge in [-0.25, -0.2) is 9.79 Å². The van der Waals surface area contributed by atoms with E-state index in [0.717, 1.165) is 11.1 Å². The van der Waals surface area contributed by atoms with Gasteiger partial charge in [0.1, 0.15) is 0 Å². The van der Waals surface area contributed by atoms with Crippen LogP contribution in [-0.2, 0) is 16.9 Å². The summed E-state index contributed by atoms with van der Waals surface area (Å²) in [6, 6.07) is 7.37. The molecule has 0 unspecified atom stereocenters. The van der Waals surface area contributed by atoms with Gasteiger partial charge < -0.3 is 5.11 Å². The van der Waals surface area contributed by atoms with Gasteiger partial charge in [0.25, 0.3) is 0 Å². The van der Waals surface area contributed by atoms with E-state index in [9.17, 15) is 9.90 Å². The number of benzene rings is 1. The van der Waals surface area contributed by atoms with Crippen molar-refractivity contribution < 1.29 is 9.90 Å². The lowest BCUT2D eigenvalue weighted by molar-refractivity contribution is 0.0785. The van der Waals surface area contributed by atoms with E-state index in [4.69, 9.17) is 0 Å². The largest absolute Gasteiger partial charge is 0.386 e. The Labute approximate surface area is 83.1 Å². The highest BCUT2D eigenvalue weighted by atomic mass is 16.3. The van der Waals surface area contributed by atoms with Gasteiger partial charge >= 0.3 is 0 Å². The highest BCUT2D eigenvalue weighted by Crippen LogP contribution is 2.20. The number of nitrogens with zero attached hydrogens (tertiary/aromatic N) is 1. The molecule has 1 aromatic rings. The van der Waals surface area contributed by atoms with Crippen LogP contribution in [0.15, 0.2) is 29.3 Å². The van der Waals surface area contributed by atoms with Crippen LogP contribution in [0, 0.1) is 0 Å². The molecule has 0 aliphatic heterocycles. The summed E-state index contributed by atoms with van der Waals surface area (Å²) < 4.78 is 0. The second-order valence-corrected chi connectivity index (χ2v) is 3.67. The predicted octanol–water partition coefficient (Wildman–Crippen LogP) is 1.75. The molecule has 74 valence electrons. The molecule has 1 aromatic carbocycles. The second-order valence-electron chi connectivity index (χ2n) is 3.67. The molecule has 0 spiro atoms. The Morgan fingerprint density at radius 2 is 2.21 bits per heavy atom. The fraction of sp³-hybridized carbons (Fsp3) is 0.364. The van der Waals surface area contributed by atoms with Gasteiger partial charge in [-0.05, 0) is 25.0 Å². The van der Waals surface area contributed by atoms with Crippen LogP contribution < -0.4 is 0 Å². The zero-order valence-corrected chi connectivity index (χ0v) is 8.32. The molecule has 0 saturated heterocycles. The van der Waals surface area contributed by atoms with Crippen LogP contribution in [0.5, 0.6) is 0 Å². The van der Waals surface area contributed by atoms with Gasteiger partial charge in [0, 0.05) is 0 Å². The van der Waals surface area contributed by atoms with Crippen LogP contribution in [0.4, 0.5) is 0 Å². The van der Waals surface area contributed by atoms with Gasteiger partial charge in [-0.15, -0.1) is 0 Å². The van der Waals surface area contributed by atoms with Crippen LogP contribution in [0.3, 0.4) is 0 Å². The minimum atomic E-state index is -0.860. The number of aliphatic imine (C=N–C) groups is 1. The quantitative estimate of drug-likeness (QED) is 0.584. The lowest BCUT2D eigenvalue weighted by Crippen LogP contribution is -2.15. The van der Waals surface area contributed by atoms with Gasteiger partial charge in [-0.3, -0.25) is 0 Å². The summed E-state index contributed by atoms with van der Waals surface area (Å²) in [6.45, 7) is 3.75. The molecule has 14 heavy (non-hydrogen) atoms. The number of hydrogen-bond donors (Lipinski definition) is 1. The molecule has 3 nitrogen and oxygen atoms in total. The maximum atomic E-state index is 9.92. The second kappa shape index (κ2) is 4.18. The van der Waals surface area contributed by atoms with Crippen LogP contribution in [0.2, 0.25) is 0 Å². The molecule has 0 saturated carbocycles. The first kappa shape index (κ1) is 10.6. The minimum Gasteiger partial charge on any atom is -0.386 e. The van der Waals surface area contributed by atoms with Gasteiger partial charge in [0.2, 0.25) is 6.08 Å². The monoisotopic (exact) mass is 191 g/mol. The molecule has 3 heteroatoms. The van der Waals surface area contributed by atoms with Crippen molar-refractivity contribution in [1.82, 2.24) is 0 Å². The Kier molecular flexibility index (Phi) is 3.18. The average Bonchev–Trinajstić information content (AvgIpc) is 2.14. The summed E-state index contributed by atoms with van der Waals surface area (Å²) in [4.78, 5) is 13.4. The zero-order valence-electron chi connectivity index (χ0n) is 8.32. The maximum absolute atomic E-state index is 9.92. The van der Waals surface area contributed by atoms with Crippen molar-refractivity contribution in [2.75, 3.05) is 0 Å². The summed E-state index contributed by atoms with van der Waals surface area (Å²) in [5.74, 6) is 0. The average molecular weight is 191 g/mol. The topological polar surface area (TPSA) is 49.7 Å². The smallest absolute Gasteiger partial charge is 0.235 e. The molecule has 1 N–H and O–H groups in total. The molecule has 0 radical (unpaired) electrons. The predicted molar refractivity (Wildman–Crippen MR) is 53.5 cm³/mol. The van der Waals surface area contributed by atoms with E-state index in [1.807, 2.05) is 24.3 Å². The number of hydrogen-bond acceptors (Lipinski definition) is 3. The van der Waals surface area contributed by atoms with Gasteiger partial charge in [0.15, 0.2) is 0 Å². The fourth-order valence-corrected chi connectivity index (χ4v) is 1.17. The Morgan fingerprint density at radius 1 is 1.50 bits per heavy atom. The molecule has 0 heterocycles. The fourth-order valence-electron chi connectivity index (χ4n) is 1.17. The van der Waals surface area contributed by atoms with E-state index in [2.05, 4.69) is 4.99 Å².